The number of hydrogen-bond acceptors (Lipinski definition) is 2. The third-order valence-corrected chi connectivity index (χ3v) is 9.19. The number of fused-ring (bicyclic) bond motifs is 8. The molecule has 8 heteroatoms. The van der Waals surface area contributed by atoms with Gasteiger partial charge in [0.2, 0.25) is 10.5 Å². The lowest BCUT2D eigenvalue weighted by Gasteiger charge is -2.01. The number of halogens is 2. The minimum absolute atomic E-state index is 0.242. The highest BCUT2D eigenvalue weighted by atomic mass is 35.5. The molecule has 0 aromatic carbocycles. The standard InChI is InChI=1S/C34H38Cl2N4O2/c1-7-21-17(3)25-13-26-19(5)23(9-11-33(35)41)31(39-26)16-32-24(10-12-34(36)42)20(6)28(40-32)15-30-22(8-2)18(4)27(38-30)14-29(21)37-25/h13-16,37-40H,7-12H2,1-6H3. The molecule has 0 spiro atoms. The van der Waals surface area contributed by atoms with Crippen molar-refractivity contribution in [3.63, 3.8) is 0 Å². The molecule has 0 atom stereocenters. The first kappa shape index (κ1) is 30.0. The van der Waals surface area contributed by atoms with Gasteiger partial charge >= 0.3 is 0 Å². The molecule has 0 unspecified atom stereocenters. The van der Waals surface area contributed by atoms with Crippen molar-refractivity contribution in [2.24, 2.45) is 0 Å². The quantitative estimate of drug-likeness (QED) is 0.198. The summed E-state index contributed by atoms with van der Waals surface area (Å²) >= 11 is 11.6. The zero-order valence-electron chi connectivity index (χ0n) is 25.1. The average Bonchev–Trinajstić information content (AvgIpc) is 3.59. The summed E-state index contributed by atoms with van der Waals surface area (Å²) in [5.74, 6) is 0. The van der Waals surface area contributed by atoms with Crippen molar-refractivity contribution in [3.05, 3.63) is 88.7 Å². The zero-order valence-corrected chi connectivity index (χ0v) is 26.6. The van der Waals surface area contributed by atoms with E-state index in [-0.39, 0.29) is 23.3 Å². The van der Waals surface area contributed by atoms with E-state index in [4.69, 9.17) is 23.2 Å². The molecular weight excluding hydrogens is 567 g/mol. The van der Waals surface area contributed by atoms with Crippen molar-refractivity contribution in [1.29, 1.82) is 0 Å². The van der Waals surface area contributed by atoms with Crippen molar-refractivity contribution in [2.45, 2.75) is 80.1 Å². The summed E-state index contributed by atoms with van der Waals surface area (Å²) in [6, 6.07) is 0. The highest BCUT2D eigenvalue weighted by Gasteiger charge is 2.17. The van der Waals surface area contributed by atoms with Gasteiger partial charge in [0, 0.05) is 57.0 Å². The van der Waals surface area contributed by atoms with E-state index in [1.807, 2.05) is 0 Å². The molecule has 5 rings (SSSR count). The Morgan fingerprint density at radius 3 is 1.48 bits per heavy atom. The van der Waals surface area contributed by atoms with Crippen LogP contribution in [0.5, 0.6) is 0 Å². The van der Waals surface area contributed by atoms with Crippen molar-refractivity contribution < 1.29 is 9.59 Å². The van der Waals surface area contributed by atoms with E-state index in [0.717, 1.165) is 79.3 Å². The fourth-order valence-corrected chi connectivity index (χ4v) is 6.55. The van der Waals surface area contributed by atoms with Crippen molar-refractivity contribution in [2.75, 3.05) is 0 Å². The van der Waals surface area contributed by atoms with Crippen LogP contribution in [0.15, 0.2) is 0 Å². The van der Waals surface area contributed by atoms with Crippen LogP contribution in [0.3, 0.4) is 0 Å². The minimum atomic E-state index is -0.362. The van der Waals surface area contributed by atoms with Crippen LogP contribution < -0.4 is 21.4 Å². The molecule has 220 valence electrons. The van der Waals surface area contributed by atoms with Crippen LogP contribution in [-0.2, 0) is 35.3 Å². The van der Waals surface area contributed by atoms with Crippen LogP contribution in [0, 0.1) is 27.7 Å². The molecule has 0 fully saturated rings. The second kappa shape index (κ2) is 12.0. The summed E-state index contributed by atoms with van der Waals surface area (Å²) < 4.78 is 0. The molecule has 5 heterocycles. The Kier molecular flexibility index (Phi) is 8.58. The molecule has 4 aromatic heterocycles. The molecular formula is C34H38Cl2N4O2. The van der Waals surface area contributed by atoms with Crippen LogP contribution in [0.1, 0.15) is 94.0 Å². The Morgan fingerprint density at radius 1 is 0.524 bits per heavy atom. The SMILES string of the molecule is CCc1c2[nH]c(c1C)C=c1[nH]c(c(CCC(=O)Cl)c1C)=Cc1[nH]c(c(C)c1CCC(=O)Cl)C=c1[nH]c(c(C)c1CC)=C2. The number of nitrogens with one attached hydrogen (secondary N) is 4. The molecule has 0 aliphatic carbocycles. The number of carbonyl (C=O) groups is 2. The summed E-state index contributed by atoms with van der Waals surface area (Å²) in [6.07, 6.45) is 12.0. The Labute approximate surface area is 255 Å². The van der Waals surface area contributed by atoms with Gasteiger partial charge in [0.1, 0.15) is 0 Å². The smallest absolute Gasteiger partial charge is 0.221 e. The third-order valence-electron chi connectivity index (χ3n) is 8.81. The van der Waals surface area contributed by atoms with Gasteiger partial charge in [-0.15, -0.1) is 0 Å². The summed E-state index contributed by atoms with van der Waals surface area (Å²) in [5.41, 5.74) is 13.3. The van der Waals surface area contributed by atoms with Crippen LogP contribution >= 0.6 is 23.2 Å². The largest absolute Gasteiger partial charge is 0.355 e. The van der Waals surface area contributed by atoms with E-state index in [2.05, 4.69) is 85.8 Å². The first-order valence-corrected chi connectivity index (χ1v) is 15.4. The van der Waals surface area contributed by atoms with Gasteiger partial charge in [-0.25, -0.2) is 0 Å². The molecule has 4 aromatic rings. The minimum Gasteiger partial charge on any atom is -0.355 e. The first-order valence-electron chi connectivity index (χ1n) is 14.6. The molecule has 4 N–H and O–H groups in total. The van der Waals surface area contributed by atoms with Gasteiger partial charge in [0.15, 0.2) is 0 Å². The van der Waals surface area contributed by atoms with Gasteiger partial charge in [0.25, 0.3) is 0 Å². The highest BCUT2D eigenvalue weighted by molar-refractivity contribution is 6.63. The van der Waals surface area contributed by atoms with Gasteiger partial charge in [-0.2, -0.15) is 0 Å². The first-order chi connectivity index (χ1) is 20.0. The van der Waals surface area contributed by atoms with Crippen LogP contribution in [-0.4, -0.2) is 30.4 Å². The summed E-state index contributed by atoms with van der Waals surface area (Å²) in [4.78, 5) is 38.2. The van der Waals surface area contributed by atoms with Gasteiger partial charge in [-0.1, -0.05) is 13.8 Å². The van der Waals surface area contributed by atoms with E-state index >= 15 is 0 Å². The Bertz CT molecular complexity index is 1960. The molecule has 0 saturated heterocycles. The van der Waals surface area contributed by atoms with Gasteiger partial charge in [-0.3, -0.25) is 9.59 Å². The number of aromatic nitrogens is 4. The average molecular weight is 606 g/mol. The molecule has 0 amide bonds. The molecule has 8 bridgehead atoms. The third kappa shape index (κ3) is 5.62. The Hall–Kier alpha value is -3.48. The molecule has 6 nitrogen and oxygen atoms in total. The summed E-state index contributed by atoms with van der Waals surface area (Å²) in [7, 11) is 0. The van der Waals surface area contributed by atoms with E-state index < -0.39 is 0 Å². The van der Waals surface area contributed by atoms with Crippen LogP contribution in [0.4, 0.5) is 0 Å². The highest BCUT2D eigenvalue weighted by Crippen LogP contribution is 2.23. The molecule has 1 aliphatic rings. The summed E-state index contributed by atoms with van der Waals surface area (Å²) in [6.45, 7) is 12.9. The fourth-order valence-electron chi connectivity index (χ4n) is 6.36. The molecule has 42 heavy (non-hydrogen) atoms. The predicted molar refractivity (Wildman–Crippen MR) is 172 cm³/mol. The predicted octanol–water partition coefficient (Wildman–Crippen LogP) is 4.38. The second-order valence-electron chi connectivity index (χ2n) is 11.2. The normalized spacial score (nSPS) is 12.4. The number of aromatic amines is 4. The van der Waals surface area contributed by atoms with Crippen molar-refractivity contribution in [3.8, 4) is 0 Å². The van der Waals surface area contributed by atoms with E-state index in [0.29, 0.717) is 12.8 Å². The lowest BCUT2D eigenvalue weighted by Crippen LogP contribution is -2.13. The van der Waals surface area contributed by atoms with Gasteiger partial charge in [-0.05, 0) is 145 Å². The lowest BCUT2D eigenvalue weighted by atomic mass is 10.0. The monoisotopic (exact) mass is 604 g/mol. The number of hydrogen-bond donors (Lipinski definition) is 4. The zero-order chi connectivity index (χ0) is 30.3. The second-order valence-corrected chi connectivity index (χ2v) is 12.1. The number of H-pyrrole nitrogens is 4. The maximum absolute atomic E-state index is 11.8. The maximum atomic E-state index is 11.8. The van der Waals surface area contributed by atoms with E-state index in [1.54, 1.807) is 0 Å². The van der Waals surface area contributed by atoms with Crippen molar-refractivity contribution in [1.82, 2.24) is 19.9 Å². The molecule has 0 saturated carbocycles. The number of rotatable bonds is 8. The van der Waals surface area contributed by atoms with Crippen LogP contribution in [0.2, 0.25) is 0 Å². The molecule has 0 radical (unpaired) electrons. The van der Waals surface area contributed by atoms with Crippen LogP contribution in [0.25, 0.3) is 24.3 Å². The van der Waals surface area contributed by atoms with E-state index in [9.17, 15) is 9.59 Å². The molecule has 1 aliphatic heterocycles. The topological polar surface area (TPSA) is 97.3 Å². The lowest BCUT2D eigenvalue weighted by molar-refractivity contribution is -0.112. The Morgan fingerprint density at radius 2 is 0.929 bits per heavy atom. The van der Waals surface area contributed by atoms with Gasteiger partial charge < -0.3 is 19.9 Å². The van der Waals surface area contributed by atoms with Gasteiger partial charge in [0.05, 0.1) is 0 Å². The van der Waals surface area contributed by atoms with E-state index in [1.165, 1.54) is 22.3 Å². The maximum Gasteiger partial charge on any atom is 0.221 e. The summed E-state index contributed by atoms with van der Waals surface area (Å²) in [5, 5.41) is 3.32. The number of carbonyl (C=O) groups excluding carboxylic acids is 2. The fraction of sp³-hybridized carbons (Fsp3) is 0.353. The Balaban J connectivity index is 1.91. The van der Waals surface area contributed by atoms with Crippen molar-refractivity contribution >= 4 is 58.0 Å².